The van der Waals surface area contributed by atoms with Gasteiger partial charge in [0, 0.05) is 0 Å². The van der Waals surface area contributed by atoms with Gasteiger partial charge in [-0.1, -0.05) is 25.5 Å². The first-order chi connectivity index (χ1) is 10.3. The van der Waals surface area contributed by atoms with Crippen molar-refractivity contribution < 1.29 is 14.3 Å². The van der Waals surface area contributed by atoms with Crippen molar-refractivity contribution in [2.24, 2.45) is 35.0 Å². The number of hydrogen-bond donors (Lipinski definition) is 0. The molecule has 0 radical (unpaired) electrons. The summed E-state index contributed by atoms with van der Waals surface area (Å²) in [6.07, 6.45) is 11.8. The third-order valence-electron chi connectivity index (χ3n) is 6.67. The molecule has 0 aromatic rings. The quantitative estimate of drug-likeness (QED) is 0.247. The Balaban J connectivity index is 1.47. The molecule has 0 N–H and O–H groups in total. The Bertz CT molecular complexity index is 457. The van der Waals surface area contributed by atoms with Gasteiger partial charge in [0.05, 0.1) is 12.0 Å². The van der Waals surface area contributed by atoms with Crippen molar-refractivity contribution in [2.45, 2.75) is 45.4 Å². The van der Waals surface area contributed by atoms with Crippen molar-refractivity contribution in [3.8, 4) is 0 Å². The second-order valence-corrected chi connectivity index (χ2v) is 7.43. The summed E-state index contributed by atoms with van der Waals surface area (Å²) in [6, 6.07) is 0. The Morgan fingerprint density at radius 2 is 2.19 bits per heavy atom. The highest BCUT2D eigenvalue weighted by Crippen LogP contribution is 2.72. The van der Waals surface area contributed by atoms with Crippen LogP contribution in [0, 0.1) is 35.0 Å². The van der Waals surface area contributed by atoms with Crippen molar-refractivity contribution >= 4 is 5.97 Å². The Labute approximate surface area is 127 Å². The third-order valence-corrected chi connectivity index (χ3v) is 6.67. The minimum Gasteiger partial charge on any atom is -0.438 e. The van der Waals surface area contributed by atoms with Crippen LogP contribution in [-0.4, -0.2) is 19.4 Å². The standard InChI is InChI=1S/C18H26O3/c1-2-3-8-20-11-21-17(19)18-14-6-4-12(9-14)16(18)13-5-7-15(18)10-13/h4,6,12-16H,2-3,5,7-11H2,1H3. The lowest BCUT2D eigenvalue weighted by atomic mass is 9.61. The van der Waals surface area contributed by atoms with Gasteiger partial charge in [-0.3, -0.25) is 4.79 Å². The predicted molar refractivity (Wildman–Crippen MR) is 79.3 cm³/mol. The lowest BCUT2D eigenvalue weighted by molar-refractivity contribution is -0.177. The fourth-order valence-corrected chi connectivity index (χ4v) is 6.02. The summed E-state index contributed by atoms with van der Waals surface area (Å²) in [6.45, 7) is 2.97. The minimum absolute atomic E-state index is 0.0491. The fourth-order valence-electron chi connectivity index (χ4n) is 6.02. The molecule has 0 aromatic carbocycles. The van der Waals surface area contributed by atoms with Crippen molar-refractivity contribution in [2.75, 3.05) is 13.4 Å². The van der Waals surface area contributed by atoms with E-state index in [0.717, 1.165) is 18.8 Å². The molecule has 0 heterocycles. The van der Waals surface area contributed by atoms with E-state index < -0.39 is 0 Å². The van der Waals surface area contributed by atoms with E-state index in [1.807, 2.05) is 0 Å². The molecule has 0 saturated heterocycles. The van der Waals surface area contributed by atoms with Crippen LogP contribution >= 0.6 is 0 Å². The fraction of sp³-hybridized carbons (Fsp3) is 0.833. The number of ether oxygens (including phenoxy) is 2. The van der Waals surface area contributed by atoms with Crippen molar-refractivity contribution in [1.29, 1.82) is 0 Å². The number of allylic oxidation sites excluding steroid dienone is 2. The second kappa shape index (κ2) is 5.12. The molecule has 0 amide bonds. The van der Waals surface area contributed by atoms with Crippen molar-refractivity contribution in [1.82, 2.24) is 0 Å². The van der Waals surface area contributed by atoms with E-state index in [0.29, 0.717) is 30.3 Å². The first-order valence-corrected chi connectivity index (χ1v) is 8.71. The molecule has 3 nitrogen and oxygen atoms in total. The van der Waals surface area contributed by atoms with Crippen LogP contribution in [0.25, 0.3) is 0 Å². The Morgan fingerprint density at radius 1 is 1.29 bits per heavy atom. The van der Waals surface area contributed by atoms with Crippen molar-refractivity contribution in [3.05, 3.63) is 12.2 Å². The molecule has 21 heavy (non-hydrogen) atoms. The van der Waals surface area contributed by atoms with Gasteiger partial charge in [-0.2, -0.15) is 0 Å². The molecule has 3 heteroatoms. The maximum absolute atomic E-state index is 12.9. The summed E-state index contributed by atoms with van der Waals surface area (Å²) in [5.74, 6) is 3.02. The zero-order chi connectivity index (χ0) is 14.4. The molecule has 4 aliphatic rings. The molecular formula is C18H26O3. The van der Waals surface area contributed by atoms with Gasteiger partial charge in [0.1, 0.15) is 0 Å². The summed E-state index contributed by atoms with van der Waals surface area (Å²) in [4.78, 5) is 12.9. The van der Waals surface area contributed by atoms with Gasteiger partial charge >= 0.3 is 5.97 Å². The van der Waals surface area contributed by atoms with Crippen LogP contribution in [0.3, 0.4) is 0 Å². The SMILES string of the molecule is CCCCOCOC(=O)C12C3C=CC(C3)C1C1CCC2C1. The van der Waals surface area contributed by atoms with E-state index in [1.165, 1.54) is 25.7 Å². The van der Waals surface area contributed by atoms with Crippen LogP contribution < -0.4 is 0 Å². The molecule has 4 bridgehead atoms. The first kappa shape index (κ1) is 13.8. The van der Waals surface area contributed by atoms with Gasteiger partial charge < -0.3 is 9.47 Å². The molecular weight excluding hydrogens is 264 g/mol. The minimum atomic E-state index is -0.184. The number of fused-ring (bicyclic) bond motifs is 9. The molecule has 0 aliphatic heterocycles. The molecule has 3 saturated carbocycles. The molecule has 0 spiro atoms. The second-order valence-electron chi connectivity index (χ2n) is 7.43. The molecule has 3 fully saturated rings. The Kier molecular flexibility index (Phi) is 3.36. The summed E-state index contributed by atoms with van der Waals surface area (Å²) < 4.78 is 11.0. The maximum atomic E-state index is 12.9. The molecule has 4 aliphatic carbocycles. The molecule has 0 aromatic heterocycles. The number of carbonyl (C=O) groups excluding carboxylic acids is 1. The predicted octanol–water partition coefficient (Wildman–Crippen LogP) is 3.54. The number of unbranched alkanes of at least 4 members (excludes halogenated alkanes) is 1. The molecule has 6 unspecified atom stereocenters. The average Bonchev–Trinajstić information content (AvgIpc) is 3.24. The molecule has 4 rings (SSSR count). The van der Waals surface area contributed by atoms with E-state index in [-0.39, 0.29) is 18.2 Å². The van der Waals surface area contributed by atoms with Gasteiger partial charge in [0.2, 0.25) is 0 Å². The molecule has 6 atom stereocenters. The smallest absolute Gasteiger partial charge is 0.315 e. The van der Waals surface area contributed by atoms with Gasteiger partial charge in [0.25, 0.3) is 0 Å². The number of carbonyl (C=O) groups is 1. The van der Waals surface area contributed by atoms with Crippen LogP contribution in [0.2, 0.25) is 0 Å². The van der Waals surface area contributed by atoms with Crippen LogP contribution in [0.1, 0.15) is 45.4 Å². The zero-order valence-corrected chi connectivity index (χ0v) is 12.9. The zero-order valence-electron chi connectivity index (χ0n) is 12.9. The summed E-state index contributed by atoms with van der Waals surface area (Å²) in [5, 5.41) is 0. The topological polar surface area (TPSA) is 35.5 Å². The van der Waals surface area contributed by atoms with Gasteiger partial charge in [-0.25, -0.2) is 0 Å². The van der Waals surface area contributed by atoms with Crippen LogP contribution in [0.15, 0.2) is 12.2 Å². The largest absolute Gasteiger partial charge is 0.438 e. The van der Waals surface area contributed by atoms with Gasteiger partial charge in [-0.05, 0) is 61.7 Å². The highest BCUT2D eigenvalue weighted by atomic mass is 16.7. The normalized spacial score (nSPS) is 45.3. The molecule has 116 valence electrons. The highest BCUT2D eigenvalue weighted by molar-refractivity contribution is 5.80. The van der Waals surface area contributed by atoms with E-state index in [9.17, 15) is 4.79 Å². The summed E-state index contributed by atoms with van der Waals surface area (Å²) in [5.41, 5.74) is -0.184. The number of hydrogen-bond acceptors (Lipinski definition) is 3. The van der Waals surface area contributed by atoms with Crippen molar-refractivity contribution in [3.63, 3.8) is 0 Å². The summed E-state index contributed by atoms with van der Waals surface area (Å²) >= 11 is 0. The lowest BCUT2D eigenvalue weighted by Crippen LogP contribution is -2.47. The van der Waals surface area contributed by atoms with Crippen LogP contribution in [0.5, 0.6) is 0 Å². The van der Waals surface area contributed by atoms with E-state index in [2.05, 4.69) is 19.1 Å². The Hall–Kier alpha value is -0.830. The Morgan fingerprint density at radius 3 is 3.05 bits per heavy atom. The van der Waals surface area contributed by atoms with E-state index in [1.54, 1.807) is 0 Å². The van der Waals surface area contributed by atoms with Crippen LogP contribution in [0.4, 0.5) is 0 Å². The lowest BCUT2D eigenvalue weighted by Gasteiger charge is -2.42. The first-order valence-electron chi connectivity index (χ1n) is 8.71. The number of rotatable bonds is 6. The van der Waals surface area contributed by atoms with Crippen LogP contribution in [-0.2, 0) is 14.3 Å². The maximum Gasteiger partial charge on any atom is 0.315 e. The average molecular weight is 290 g/mol. The van der Waals surface area contributed by atoms with Gasteiger partial charge in [-0.15, -0.1) is 0 Å². The highest BCUT2D eigenvalue weighted by Gasteiger charge is 2.71. The number of esters is 1. The van der Waals surface area contributed by atoms with E-state index >= 15 is 0 Å². The monoisotopic (exact) mass is 290 g/mol. The third kappa shape index (κ3) is 1.79. The summed E-state index contributed by atoms with van der Waals surface area (Å²) in [7, 11) is 0. The van der Waals surface area contributed by atoms with E-state index in [4.69, 9.17) is 9.47 Å². The van der Waals surface area contributed by atoms with Gasteiger partial charge in [0.15, 0.2) is 6.79 Å².